The number of primary amides is 1. The molecule has 1 aromatic rings. The van der Waals surface area contributed by atoms with Crippen molar-refractivity contribution in [1.82, 2.24) is 15.5 Å². The molecule has 1 aromatic carbocycles. The number of hydrogen-bond acceptors (Lipinski definition) is 5. The lowest BCUT2D eigenvalue weighted by Crippen LogP contribution is -2.60. The van der Waals surface area contributed by atoms with Gasteiger partial charge in [0.2, 0.25) is 17.7 Å². The van der Waals surface area contributed by atoms with E-state index in [1.165, 1.54) is 4.90 Å². The molecule has 0 fully saturated rings. The number of carbonyl (C=O) groups excluding carboxylic acids is 4. The number of hydrogen-bond donors (Lipinski definition) is 3. The van der Waals surface area contributed by atoms with Crippen LogP contribution in [0.5, 0.6) is 0 Å². The highest BCUT2D eigenvalue weighted by Crippen LogP contribution is 2.35. The topological polar surface area (TPSA) is 131 Å². The Labute approximate surface area is 215 Å². The first-order chi connectivity index (χ1) is 16.4. The quantitative estimate of drug-likeness (QED) is 0.448. The third-order valence-corrected chi connectivity index (χ3v) is 5.90. The number of rotatable bonds is 10. The molecule has 0 spiro atoms. The summed E-state index contributed by atoms with van der Waals surface area (Å²) in [5.41, 5.74) is 6.20. The fourth-order valence-electron chi connectivity index (χ4n) is 3.96. The summed E-state index contributed by atoms with van der Waals surface area (Å²) in [5.74, 6) is -1.72. The number of nitrogens with two attached hydrogens (primary N) is 1. The van der Waals surface area contributed by atoms with Gasteiger partial charge < -0.3 is 26.0 Å². The lowest BCUT2D eigenvalue weighted by atomic mass is 9.88. The molecule has 1 rings (SSSR count). The molecular weight excluding hydrogens is 460 g/mol. The second-order valence-corrected chi connectivity index (χ2v) is 11.1. The maximum absolute atomic E-state index is 14.2. The second-order valence-electron chi connectivity index (χ2n) is 11.1. The Morgan fingerprint density at radius 3 is 1.94 bits per heavy atom. The highest BCUT2D eigenvalue weighted by atomic mass is 16.6. The molecular formula is C27H44N4O5. The minimum absolute atomic E-state index is 0.174. The molecule has 9 heteroatoms. The van der Waals surface area contributed by atoms with Gasteiger partial charge in [0.05, 0.1) is 6.42 Å². The fraction of sp³-hybridized carbons (Fsp3) is 0.630. The highest BCUT2D eigenvalue weighted by Gasteiger charge is 2.44. The van der Waals surface area contributed by atoms with Crippen LogP contribution in [-0.4, -0.2) is 51.9 Å². The SMILES string of the molecule is CCC(C)(C)N(C(=O)C(CC(N)=O)NC(=O)OC(C)(C)C)C(C(=O)NC(C)C)c1c(C)cccc1C. The van der Waals surface area contributed by atoms with Crippen molar-refractivity contribution in [3.05, 3.63) is 34.9 Å². The van der Waals surface area contributed by atoms with Gasteiger partial charge in [-0.05, 0) is 85.4 Å². The maximum atomic E-state index is 14.2. The Kier molecular flexibility index (Phi) is 10.5. The van der Waals surface area contributed by atoms with Gasteiger partial charge in [0.1, 0.15) is 17.7 Å². The van der Waals surface area contributed by atoms with Gasteiger partial charge in [0.15, 0.2) is 0 Å². The minimum atomic E-state index is -1.32. The smallest absolute Gasteiger partial charge is 0.408 e. The molecule has 9 nitrogen and oxygen atoms in total. The normalized spacial score (nSPS) is 13.5. The van der Waals surface area contributed by atoms with Crippen molar-refractivity contribution in [1.29, 1.82) is 0 Å². The number of amides is 4. The average molecular weight is 505 g/mol. The van der Waals surface area contributed by atoms with E-state index >= 15 is 0 Å². The molecule has 202 valence electrons. The van der Waals surface area contributed by atoms with E-state index in [1.807, 2.05) is 66.7 Å². The van der Waals surface area contributed by atoms with Crippen LogP contribution in [0.4, 0.5) is 4.79 Å². The number of carbonyl (C=O) groups is 4. The van der Waals surface area contributed by atoms with Crippen LogP contribution in [0, 0.1) is 13.8 Å². The van der Waals surface area contributed by atoms with E-state index in [2.05, 4.69) is 10.6 Å². The number of nitrogens with zero attached hydrogens (tertiary/aromatic N) is 1. The fourth-order valence-corrected chi connectivity index (χ4v) is 3.96. The van der Waals surface area contributed by atoms with Crippen molar-refractivity contribution in [2.75, 3.05) is 0 Å². The molecule has 4 N–H and O–H groups in total. The summed E-state index contributed by atoms with van der Waals surface area (Å²) in [6, 6.07) is 3.17. The van der Waals surface area contributed by atoms with Gasteiger partial charge in [-0.1, -0.05) is 25.1 Å². The molecule has 0 aromatic heterocycles. The average Bonchev–Trinajstić information content (AvgIpc) is 2.69. The van der Waals surface area contributed by atoms with E-state index in [4.69, 9.17) is 10.5 Å². The van der Waals surface area contributed by atoms with Gasteiger partial charge in [-0.15, -0.1) is 0 Å². The van der Waals surface area contributed by atoms with Crippen LogP contribution in [0.25, 0.3) is 0 Å². The predicted octanol–water partition coefficient (Wildman–Crippen LogP) is 3.66. The first kappa shape index (κ1) is 30.9. The molecule has 4 amide bonds. The molecule has 0 saturated heterocycles. The summed E-state index contributed by atoms with van der Waals surface area (Å²) < 4.78 is 5.32. The zero-order valence-electron chi connectivity index (χ0n) is 23.4. The highest BCUT2D eigenvalue weighted by molar-refractivity contribution is 5.95. The van der Waals surface area contributed by atoms with Crippen molar-refractivity contribution in [2.45, 2.75) is 111 Å². The van der Waals surface area contributed by atoms with E-state index in [9.17, 15) is 19.2 Å². The first-order valence-corrected chi connectivity index (χ1v) is 12.4. The molecule has 0 saturated carbocycles. The van der Waals surface area contributed by atoms with Gasteiger partial charge in [-0.25, -0.2) is 4.79 Å². The zero-order valence-corrected chi connectivity index (χ0v) is 23.4. The van der Waals surface area contributed by atoms with Crippen LogP contribution in [0.2, 0.25) is 0 Å². The van der Waals surface area contributed by atoms with Crippen LogP contribution in [0.1, 0.15) is 91.0 Å². The lowest BCUT2D eigenvalue weighted by molar-refractivity contribution is -0.150. The zero-order chi connectivity index (χ0) is 28.0. The van der Waals surface area contributed by atoms with Crippen molar-refractivity contribution >= 4 is 23.8 Å². The summed E-state index contributed by atoms with van der Waals surface area (Å²) >= 11 is 0. The molecule has 36 heavy (non-hydrogen) atoms. The Bertz CT molecular complexity index is 945. The van der Waals surface area contributed by atoms with Crippen LogP contribution < -0.4 is 16.4 Å². The van der Waals surface area contributed by atoms with Gasteiger partial charge in [-0.2, -0.15) is 0 Å². The molecule has 0 aliphatic heterocycles. The molecule has 0 radical (unpaired) electrons. The Morgan fingerprint density at radius 1 is 1.00 bits per heavy atom. The summed E-state index contributed by atoms with van der Waals surface area (Å²) in [6.07, 6.45) is -0.795. The van der Waals surface area contributed by atoms with E-state index in [0.29, 0.717) is 12.0 Å². The predicted molar refractivity (Wildman–Crippen MR) is 140 cm³/mol. The second kappa shape index (κ2) is 12.2. The summed E-state index contributed by atoms with van der Waals surface area (Å²) in [4.78, 5) is 53.9. The summed E-state index contributed by atoms with van der Waals surface area (Å²) in [5, 5.41) is 5.45. The third kappa shape index (κ3) is 8.53. The maximum Gasteiger partial charge on any atom is 0.408 e. The van der Waals surface area contributed by atoms with Crippen molar-refractivity contribution < 1.29 is 23.9 Å². The molecule has 0 heterocycles. The minimum Gasteiger partial charge on any atom is -0.444 e. The van der Waals surface area contributed by atoms with Crippen LogP contribution in [-0.2, 0) is 19.1 Å². The van der Waals surface area contributed by atoms with Crippen molar-refractivity contribution in [3.63, 3.8) is 0 Å². The van der Waals surface area contributed by atoms with Crippen molar-refractivity contribution in [2.24, 2.45) is 5.73 Å². The van der Waals surface area contributed by atoms with Crippen LogP contribution in [0.3, 0.4) is 0 Å². The summed E-state index contributed by atoms with van der Waals surface area (Å²) in [7, 11) is 0. The molecule has 0 aliphatic carbocycles. The Balaban J connectivity index is 3.76. The van der Waals surface area contributed by atoms with Gasteiger partial charge in [-0.3, -0.25) is 14.4 Å². The molecule has 0 bridgehead atoms. The van der Waals surface area contributed by atoms with Crippen molar-refractivity contribution in [3.8, 4) is 0 Å². The van der Waals surface area contributed by atoms with Gasteiger partial charge in [0, 0.05) is 11.6 Å². The third-order valence-electron chi connectivity index (χ3n) is 5.90. The monoisotopic (exact) mass is 504 g/mol. The van der Waals surface area contributed by atoms with Crippen LogP contribution >= 0.6 is 0 Å². The van der Waals surface area contributed by atoms with E-state index in [0.717, 1.165) is 11.1 Å². The Hall–Kier alpha value is -3.10. The Morgan fingerprint density at radius 2 is 1.53 bits per heavy atom. The molecule has 2 atom stereocenters. The van der Waals surface area contributed by atoms with Crippen LogP contribution in [0.15, 0.2) is 18.2 Å². The lowest BCUT2D eigenvalue weighted by Gasteiger charge is -2.45. The largest absolute Gasteiger partial charge is 0.444 e. The van der Waals surface area contributed by atoms with Gasteiger partial charge >= 0.3 is 6.09 Å². The number of alkyl carbamates (subject to hydrolysis) is 1. The first-order valence-electron chi connectivity index (χ1n) is 12.4. The number of ether oxygens (including phenoxy) is 1. The number of aryl methyl sites for hydroxylation is 2. The van der Waals surface area contributed by atoms with E-state index < -0.39 is 47.6 Å². The summed E-state index contributed by atoms with van der Waals surface area (Å²) in [6.45, 7) is 18.1. The van der Waals surface area contributed by atoms with Gasteiger partial charge in [0.25, 0.3) is 0 Å². The number of nitrogens with one attached hydrogen (secondary N) is 2. The molecule has 2 unspecified atom stereocenters. The molecule has 0 aliphatic rings. The number of benzene rings is 1. The van der Waals surface area contributed by atoms with E-state index in [-0.39, 0.29) is 11.9 Å². The standard InChI is InChI=1S/C27H44N4O5/c1-11-27(9,10)31(24(34)19(15-20(28)32)30-25(35)36-26(6,7)8)22(23(33)29-16(2)3)21-17(4)13-12-14-18(21)5/h12-14,16,19,22H,11,15H2,1-10H3,(H2,28,32)(H,29,33)(H,30,35). The van der Waals surface area contributed by atoms with E-state index in [1.54, 1.807) is 20.8 Å².